The van der Waals surface area contributed by atoms with Gasteiger partial charge >= 0.3 is 0 Å². The van der Waals surface area contributed by atoms with Crippen molar-refractivity contribution in [2.45, 2.75) is 19.5 Å². The third kappa shape index (κ3) is 7.08. The molecule has 0 aliphatic rings. The number of benzene rings is 2. The van der Waals surface area contributed by atoms with E-state index in [1.807, 2.05) is 42.7 Å². The minimum atomic E-state index is 0. The highest BCUT2D eigenvalue weighted by Gasteiger charge is 2.05. The van der Waals surface area contributed by atoms with Crippen molar-refractivity contribution in [1.82, 2.24) is 20.2 Å². The predicted octanol–water partition coefficient (Wildman–Crippen LogP) is 3.47. The molecule has 6 nitrogen and oxygen atoms in total. The van der Waals surface area contributed by atoms with E-state index in [4.69, 9.17) is 4.74 Å². The molecule has 1 aromatic heterocycles. The Morgan fingerprint density at radius 3 is 2.48 bits per heavy atom. The van der Waals surface area contributed by atoms with Crippen LogP contribution in [-0.2, 0) is 19.5 Å². The van der Waals surface area contributed by atoms with Gasteiger partial charge in [-0.25, -0.2) is 4.98 Å². The maximum Gasteiger partial charge on any atom is 0.191 e. The van der Waals surface area contributed by atoms with Gasteiger partial charge in [-0.1, -0.05) is 42.5 Å². The number of rotatable bonds is 8. The highest BCUT2D eigenvalue weighted by atomic mass is 127. The van der Waals surface area contributed by atoms with Crippen LogP contribution >= 0.6 is 24.0 Å². The van der Waals surface area contributed by atoms with Gasteiger partial charge in [0.15, 0.2) is 5.96 Å². The predicted molar refractivity (Wildman–Crippen MR) is 128 cm³/mol. The minimum Gasteiger partial charge on any atom is -0.497 e. The lowest BCUT2D eigenvalue weighted by molar-refractivity contribution is 0.414. The number of guanidine groups is 1. The number of aliphatic imine (C=N–C) groups is 1. The molecule has 3 aromatic rings. The second-order valence-corrected chi connectivity index (χ2v) is 6.41. The fraction of sp³-hybridized carbons (Fsp3) is 0.273. The Hall–Kier alpha value is -2.55. The first-order valence-corrected chi connectivity index (χ1v) is 9.40. The van der Waals surface area contributed by atoms with Crippen LogP contribution in [0.15, 0.2) is 72.0 Å². The number of imidazole rings is 1. The summed E-state index contributed by atoms with van der Waals surface area (Å²) >= 11 is 0. The van der Waals surface area contributed by atoms with Gasteiger partial charge in [-0.05, 0) is 23.3 Å². The molecule has 0 fully saturated rings. The topological polar surface area (TPSA) is 63.5 Å². The minimum absolute atomic E-state index is 0. The van der Waals surface area contributed by atoms with Crippen molar-refractivity contribution >= 4 is 29.9 Å². The van der Waals surface area contributed by atoms with E-state index in [-0.39, 0.29) is 24.0 Å². The molecule has 0 bridgehead atoms. The summed E-state index contributed by atoms with van der Waals surface area (Å²) in [4.78, 5) is 8.78. The Balaban J connectivity index is 0.00000300. The largest absolute Gasteiger partial charge is 0.497 e. The van der Waals surface area contributed by atoms with Crippen LogP contribution in [0.3, 0.4) is 0 Å². The van der Waals surface area contributed by atoms with Crippen LogP contribution in [0.1, 0.15) is 17.0 Å². The van der Waals surface area contributed by atoms with Gasteiger partial charge in [-0.15, -0.1) is 24.0 Å². The lowest BCUT2D eigenvalue weighted by atomic mass is 10.2. The summed E-state index contributed by atoms with van der Waals surface area (Å²) in [5.41, 5.74) is 2.44. The van der Waals surface area contributed by atoms with Crippen molar-refractivity contribution in [3.63, 3.8) is 0 Å². The summed E-state index contributed by atoms with van der Waals surface area (Å²) < 4.78 is 7.37. The van der Waals surface area contributed by atoms with Crippen LogP contribution in [0, 0.1) is 0 Å². The molecule has 1 heterocycles. The van der Waals surface area contributed by atoms with Crippen molar-refractivity contribution in [2.75, 3.05) is 20.7 Å². The quantitative estimate of drug-likeness (QED) is 0.280. The van der Waals surface area contributed by atoms with Crippen molar-refractivity contribution < 1.29 is 4.74 Å². The van der Waals surface area contributed by atoms with Gasteiger partial charge in [-0.3, -0.25) is 4.99 Å². The molecule has 0 aliphatic heterocycles. The SMILES string of the molecule is CN=C(NCCc1nccn1Cc1ccccc1)NCc1ccc(OC)cc1.I. The van der Waals surface area contributed by atoms with E-state index in [0.717, 1.165) is 37.0 Å². The molecule has 0 atom stereocenters. The molecule has 7 heteroatoms. The number of halogens is 1. The second kappa shape index (κ2) is 12.1. The third-order valence-corrected chi connectivity index (χ3v) is 4.48. The number of nitrogens with zero attached hydrogens (tertiary/aromatic N) is 3. The maximum atomic E-state index is 5.19. The van der Waals surface area contributed by atoms with Crippen LogP contribution in [0.5, 0.6) is 5.75 Å². The molecule has 0 amide bonds. The molecule has 0 aliphatic carbocycles. The molecule has 154 valence electrons. The van der Waals surface area contributed by atoms with Gasteiger partial charge in [0.25, 0.3) is 0 Å². The number of ether oxygens (including phenoxy) is 1. The van der Waals surface area contributed by atoms with Gasteiger partial charge in [0.05, 0.1) is 7.11 Å². The molecular weight excluding hydrogens is 477 g/mol. The number of aromatic nitrogens is 2. The van der Waals surface area contributed by atoms with Crippen LogP contribution < -0.4 is 15.4 Å². The van der Waals surface area contributed by atoms with E-state index in [1.54, 1.807) is 14.2 Å². The van der Waals surface area contributed by atoms with Crippen molar-refractivity contribution in [1.29, 1.82) is 0 Å². The summed E-state index contributed by atoms with van der Waals surface area (Å²) in [5, 5.41) is 6.68. The van der Waals surface area contributed by atoms with Crippen LogP contribution in [0.2, 0.25) is 0 Å². The standard InChI is InChI=1S/C22H27N5O.HI/c1-23-22(26-16-18-8-10-20(28-2)11-9-18)25-13-12-21-24-14-15-27(21)17-19-6-4-3-5-7-19;/h3-11,14-15H,12-13,16-17H2,1-2H3,(H2,23,25,26);1H. The Kier molecular flexibility index (Phi) is 9.49. The van der Waals surface area contributed by atoms with Crippen LogP contribution in [0.25, 0.3) is 0 Å². The second-order valence-electron chi connectivity index (χ2n) is 6.41. The van der Waals surface area contributed by atoms with Crippen molar-refractivity contribution in [2.24, 2.45) is 4.99 Å². The Morgan fingerprint density at radius 1 is 1.03 bits per heavy atom. The van der Waals surface area contributed by atoms with E-state index in [1.165, 1.54) is 11.1 Å². The van der Waals surface area contributed by atoms with E-state index in [9.17, 15) is 0 Å². The molecule has 0 saturated heterocycles. The van der Waals surface area contributed by atoms with Gasteiger partial charge in [-0.2, -0.15) is 0 Å². The molecule has 29 heavy (non-hydrogen) atoms. The molecule has 0 spiro atoms. The van der Waals surface area contributed by atoms with Crippen molar-refractivity contribution in [3.8, 4) is 5.75 Å². The average Bonchev–Trinajstić information content (AvgIpc) is 3.18. The van der Waals surface area contributed by atoms with Crippen LogP contribution in [-0.4, -0.2) is 36.2 Å². The summed E-state index contributed by atoms with van der Waals surface area (Å²) in [7, 11) is 3.45. The zero-order valence-corrected chi connectivity index (χ0v) is 19.2. The normalized spacial score (nSPS) is 10.9. The summed E-state index contributed by atoms with van der Waals surface area (Å²) in [6.07, 6.45) is 4.71. The number of nitrogens with one attached hydrogen (secondary N) is 2. The molecule has 2 aromatic carbocycles. The Morgan fingerprint density at radius 2 is 1.79 bits per heavy atom. The first-order chi connectivity index (χ1) is 13.8. The number of hydrogen-bond donors (Lipinski definition) is 2. The third-order valence-electron chi connectivity index (χ3n) is 4.48. The first-order valence-electron chi connectivity index (χ1n) is 9.40. The maximum absolute atomic E-state index is 5.19. The lowest BCUT2D eigenvalue weighted by Crippen LogP contribution is -2.38. The number of methoxy groups -OCH3 is 1. The first kappa shape index (κ1) is 22.7. The van der Waals surface area contributed by atoms with Gasteiger partial charge in [0.2, 0.25) is 0 Å². The van der Waals surface area contributed by atoms with Gasteiger partial charge < -0.3 is 19.9 Å². The molecule has 0 saturated carbocycles. The van der Waals surface area contributed by atoms with E-state index < -0.39 is 0 Å². The Labute approximate surface area is 189 Å². The van der Waals surface area contributed by atoms with E-state index in [2.05, 4.69) is 49.4 Å². The number of hydrogen-bond acceptors (Lipinski definition) is 3. The average molecular weight is 505 g/mol. The zero-order chi connectivity index (χ0) is 19.6. The molecule has 0 unspecified atom stereocenters. The fourth-order valence-corrected chi connectivity index (χ4v) is 2.93. The molecule has 3 rings (SSSR count). The van der Waals surface area contributed by atoms with Crippen molar-refractivity contribution in [3.05, 3.63) is 83.9 Å². The van der Waals surface area contributed by atoms with Gasteiger partial charge in [0, 0.05) is 45.5 Å². The fourth-order valence-electron chi connectivity index (χ4n) is 2.93. The smallest absolute Gasteiger partial charge is 0.191 e. The highest BCUT2D eigenvalue weighted by Crippen LogP contribution is 2.11. The summed E-state index contributed by atoms with van der Waals surface area (Å²) in [6.45, 7) is 2.29. The van der Waals surface area contributed by atoms with Crippen LogP contribution in [0.4, 0.5) is 0 Å². The zero-order valence-electron chi connectivity index (χ0n) is 16.8. The Bertz CT molecular complexity index is 878. The van der Waals surface area contributed by atoms with Gasteiger partial charge in [0.1, 0.15) is 11.6 Å². The highest BCUT2D eigenvalue weighted by molar-refractivity contribution is 14.0. The molecule has 2 N–H and O–H groups in total. The molecular formula is C22H28IN5O. The lowest BCUT2D eigenvalue weighted by Gasteiger charge is -2.13. The van der Waals surface area contributed by atoms with E-state index in [0.29, 0.717) is 6.54 Å². The monoisotopic (exact) mass is 505 g/mol. The van der Waals surface area contributed by atoms with E-state index >= 15 is 0 Å². The summed E-state index contributed by atoms with van der Waals surface area (Å²) in [6, 6.07) is 18.4. The molecule has 0 radical (unpaired) electrons. The summed E-state index contributed by atoms with van der Waals surface area (Å²) in [5.74, 6) is 2.69.